The van der Waals surface area contributed by atoms with Gasteiger partial charge in [0.1, 0.15) is 0 Å². The van der Waals surface area contributed by atoms with Crippen LogP contribution in [0.4, 0.5) is 5.69 Å². The fraction of sp³-hybridized carbons (Fsp3) is 0.350. The number of nitrogens with one attached hydrogen (secondary N) is 1. The summed E-state index contributed by atoms with van der Waals surface area (Å²) < 4.78 is 2.11. The fourth-order valence-corrected chi connectivity index (χ4v) is 5.03. The number of thiophene rings is 1. The molecule has 0 saturated heterocycles. The molecule has 0 aliphatic heterocycles. The zero-order valence-electron chi connectivity index (χ0n) is 15.3. The number of aryl methyl sites for hydroxylation is 2. The van der Waals surface area contributed by atoms with E-state index in [1.165, 1.54) is 17.5 Å². The van der Waals surface area contributed by atoms with Gasteiger partial charge in [-0.3, -0.25) is 4.79 Å². The van der Waals surface area contributed by atoms with E-state index in [-0.39, 0.29) is 5.91 Å². The minimum Gasteiger partial charge on any atom is -0.326 e. The maximum atomic E-state index is 12.3. The predicted molar refractivity (Wildman–Crippen MR) is 111 cm³/mol. The molecule has 0 radical (unpaired) electrons. The number of thioether (sulfide) groups is 1. The average Bonchev–Trinajstić information content (AvgIpc) is 3.41. The lowest BCUT2D eigenvalue weighted by Gasteiger charge is -2.08. The SMILES string of the molecule is CCn1c(SCCC(=O)Nc2ccc3c(c2)CCC3)nnc1-c1cccs1. The maximum Gasteiger partial charge on any atom is 0.225 e. The Bertz CT molecular complexity index is 934. The van der Waals surface area contributed by atoms with Gasteiger partial charge in [0.25, 0.3) is 0 Å². The largest absolute Gasteiger partial charge is 0.326 e. The van der Waals surface area contributed by atoms with Gasteiger partial charge in [0, 0.05) is 24.4 Å². The smallest absolute Gasteiger partial charge is 0.225 e. The van der Waals surface area contributed by atoms with Crippen molar-refractivity contribution in [2.24, 2.45) is 0 Å². The molecule has 0 spiro atoms. The molecule has 1 aromatic carbocycles. The van der Waals surface area contributed by atoms with Gasteiger partial charge in [0.2, 0.25) is 5.91 Å². The number of hydrogen-bond acceptors (Lipinski definition) is 5. The molecule has 2 heterocycles. The molecule has 0 atom stereocenters. The van der Waals surface area contributed by atoms with Crippen molar-refractivity contribution >= 4 is 34.7 Å². The molecule has 140 valence electrons. The molecule has 4 rings (SSSR count). The van der Waals surface area contributed by atoms with Gasteiger partial charge in [-0.1, -0.05) is 23.9 Å². The van der Waals surface area contributed by atoms with Crippen LogP contribution in [0.2, 0.25) is 0 Å². The van der Waals surface area contributed by atoms with Crippen molar-refractivity contribution in [3.8, 4) is 10.7 Å². The third-order valence-corrected chi connectivity index (χ3v) is 6.55. The molecule has 0 fully saturated rings. The first-order valence-corrected chi connectivity index (χ1v) is 11.1. The summed E-state index contributed by atoms with van der Waals surface area (Å²) in [6.45, 7) is 2.90. The molecule has 7 heteroatoms. The monoisotopic (exact) mass is 398 g/mol. The molecule has 27 heavy (non-hydrogen) atoms. The highest BCUT2D eigenvalue weighted by atomic mass is 32.2. The van der Waals surface area contributed by atoms with Crippen molar-refractivity contribution in [2.75, 3.05) is 11.1 Å². The molecule has 2 aromatic heterocycles. The van der Waals surface area contributed by atoms with E-state index in [4.69, 9.17) is 0 Å². The summed E-state index contributed by atoms with van der Waals surface area (Å²) in [5, 5.41) is 14.6. The molecule has 1 amide bonds. The Kier molecular flexibility index (Phi) is 5.59. The molecular formula is C20H22N4OS2. The lowest BCUT2D eigenvalue weighted by atomic mass is 10.1. The maximum absolute atomic E-state index is 12.3. The normalized spacial score (nSPS) is 12.9. The van der Waals surface area contributed by atoms with Crippen LogP contribution in [0.25, 0.3) is 10.7 Å². The van der Waals surface area contributed by atoms with Gasteiger partial charge in [0.05, 0.1) is 4.88 Å². The van der Waals surface area contributed by atoms with E-state index in [0.717, 1.165) is 40.9 Å². The van der Waals surface area contributed by atoms with Gasteiger partial charge < -0.3 is 9.88 Å². The number of carbonyl (C=O) groups is 1. The summed E-state index contributed by atoms with van der Waals surface area (Å²) in [7, 11) is 0. The summed E-state index contributed by atoms with van der Waals surface area (Å²) in [5.41, 5.74) is 3.70. The molecular weight excluding hydrogens is 376 g/mol. The number of rotatable bonds is 7. The third kappa shape index (κ3) is 4.09. The number of aromatic nitrogens is 3. The number of nitrogens with zero attached hydrogens (tertiary/aromatic N) is 3. The predicted octanol–water partition coefficient (Wildman–Crippen LogP) is 4.64. The van der Waals surface area contributed by atoms with Crippen LogP contribution in [0.3, 0.4) is 0 Å². The highest BCUT2D eigenvalue weighted by Gasteiger charge is 2.15. The Balaban J connectivity index is 1.32. The highest BCUT2D eigenvalue weighted by molar-refractivity contribution is 7.99. The fourth-order valence-electron chi connectivity index (χ4n) is 3.38. The molecule has 1 N–H and O–H groups in total. The van der Waals surface area contributed by atoms with E-state index in [0.29, 0.717) is 12.2 Å². The van der Waals surface area contributed by atoms with E-state index < -0.39 is 0 Å². The molecule has 1 aliphatic rings. The van der Waals surface area contributed by atoms with Crippen LogP contribution in [0.5, 0.6) is 0 Å². The van der Waals surface area contributed by atoms with Crippen molar-refractivity contribution in [3.05, 3.63) is 46.8 Å². The first kappa shape index (κ1) is 18.3. The van der Waals surface area contributed by atoms with Gasteiger partial charge in [-0.15, -0.1) is 21.5 Å². The third-order valence-electron chi connectivity index (χ3n) is 4.72. The number of anilines is 1. The minimum absolute atomic E-state index is 0.0430. The minimum atomic E-state index is 0.0430. The number of amides is 1. The van der Waals surface area contributed by atoms with Gasteiger partial charge in [-0.25, -0.2) is 0 Å². The average molecular weight is 399 g/mol. The number of fused-ring (bicyclic) bond motifs is 1. The number of hydrogen-bond donors (Lipinski definition) is 1. The highest BCUT2D eigenvalue weighted by Crippen LogP contribution is 2.28. The van der Waals surface area contributed by atoms with Crippen molar-refractivity contribution in [3.63, 3.8) is 0 Å². The van der Waals surface area contributed by atoms with Gasteiger partial charge in [-0.05, 0) is 60.9 Å². The molecule has 3 aromatic rings. The zero-order valence-corrected chi connectivity index (χ0v) is 16.9. The Morgan fingerprint density at radius 1 is 1.26 bits per heavy atom. The van der Waals surface area contributed by atoms with Crippen LogP contribution >= 0.6 is 23.1 Å². The molecule has 0 saturated carbocycles. The van der Waals surface area contributed by atoms with E-state index >= 15 is 0 Å². The van der Waals surface area contributed by atoms with Crippen molar-refractivity contribution in [1.29, 1.82) is 0 Å². The summed E-state index contributed by atoms with van der Waals surface area (Å²) in [6, 6.07) is 10.3. The quantitative estimate of drug-likeness (QED) is 0.589. The van der Waals surface area contributed by atoms with Gasteiger partial charge >= 0.3 is 0 Å². The van der Waals surface area contributed by atoms with Crippen molar-refractivity contribution in [2.45, 2.75) is 44.3 Å². The van der Waals surface area contributed by atoms with Crippen LogP contribution in [0, 0.1) is 0 Å². The Labute approximate surface area is 167 Å². The molecule has 5 nitrogen and oxygen atoms in total. The Hall–Kier alpha value is -2.12. The van der Waals surface area contributed by atoms with Crippen molar-refractivity contribution in [1.82, 2.24) is 14.8 Å². The second kappa shape index (κ2) is 8.27. The lowest BCUT2D eigenvalue weighted by Crippen LogP contribution is -2.12. The first-order chi connectivity index (χ1) is 13.2. The van der Waals surface area contributed by atoms with Crippen LogP contribution in [-0.4, -0.2) is 26.4 Å². The van der Waals surface area contributed by atoms with Crippen LogP contribution in [-0.2, 0) is 24.2 Å². The van der Waals surface area contributed by atoms with E-state index in [2.05, 4.69) is 45.2 Å². The summed E-state index contributed by atoms with van der Waals surface area (Å²) in [4.78, 5) is 13.4. The van der Waals surface area contributed by atoms with Gasteiger partial charge in [0.15, 0.2) is 11.0 Å². The summed E-state index contributed by atoms with van der Waals surface area (Å²) >= 11 is 3.24. The Morgan fingerprint density at radius 2 is 2.15 bits per heavy atom. The van der Waals surface area contributed by atoms with E-state index in [1.54, 1.807) is 23.1 Å². The lowest BCUT2D eigenvalue weighted by molar-refractivity contribution is -0.115. The van der Waals surface area contributed by atoms with Gasteiger partial charge in [-0.2, -0.15) is 0 Å². The van der Waals surface area contributed by atoms with Crippen LogP contribution in [0.15, 0.2) is 40.9 Å². The standard InChI is InChI=1S/C20H22N4OS2/c1-2-24-19(17-7-4-11-26-17)22-23-20(24)27-12-10-18(25)21-16-9-8-14-5-3-6-15(14)13-16/h4,7-9,11,13H,2-3,5-6,10,12H2,1H3,(H,21,25). The second-order valence-electron chi connectivity index (χ2n) is 6.51. The number of benzene rings is 1. The summed E-state index contributed by atoms with van der Waals surface area (Å²) in [5.74, 6) is 1.62. The Morgan fingerprint density at radius 3 is 2.96 bits per heavy atom. The molecule has 0 bridgehead atoms. The summed E-state index contributed by atoms with van der Waals surface area (Å²) in [6.07, 6.45) is 3.95. The first-order valence-electron chi connectivity index (χ1n) is 9.26. The van der Waals surface area contributed by atoms with E-state index in [1.807, 2.05) is 17.5 Å². The van der Waals surface area contributed by atoms with Crippen molar-refractivity contribution < 1.29 is 4.79 Å². The molecule has 1 aliphatic carbocycles. The van der Waals surface area contributed by atoms with Crippen LogP contribution < -0.4 is 5.32 Å². The number of carbonyl (C=O) groups excluding carboxylic acids is 1. The van der Waals surface area contributed by atoms with E-state index in [9.17, 15) is 4.79 Å². The molecule has 0 unspecified atom stereocenters. The zero-order chi connectivity index (χ0) is 18.6. The topological polar surface area (TPSA) is 59.8 Å². The van der Waals surface area contributed by atoms with Crippen LogP contribution in [0.1, 0.15) is 30.9 Å². The second-order valence-corrected chi connectivity index (χ2v) is 8.52.